The average Bonchev–Trinajstić information content (AvgIpc) is 1.35. The van der Waals surface area contributed by atoms with E-state index in [1.54, 1.807) is 6.92 Å². The van der Waals surface area contributed by atoms with E-state index in [0.29, 0.717) is 6.61 Å². The zero-order valence-electron chi connectivity index (χ0n) is 4.18. The van der Waals surface area contributed by atoms with E-state index < -0.39 is 9.17 Å². The van der Waals surface area contributed by atoms with E-state index in [-0.39, 0.29) is 6.15 Å². The summed E-state index contributed by atoms with van der Waals surface area (Å²) < 4.78 is 13.7. The summed E-state index contributed by atoms with van der Waals surface area (Å²) in [6.07, 6.45) is 0. The molecule has 0 amide bonds. The normalized spacial score (nSPS) is 6.43. The van der Waals surface area contributed by atoms with Crippen molar-refractivity contribution in [2.75, 3.05) is 6.61 Å². The Hall–Kier alpha value is -0.423. The van der Waals surface area contributed by atoms with Crippen LogP contribution >= 0.6 is 0 Å². The summed E-state index contributed by atoms with van der Waals surface area (Å²) in [6.45, 7) is 1.98. The molecule has 0 aromatic carbocycles. The summed E-state index contributed by atoms with van der Waals surface area (Å²) in [5, 5.41) is 0. The molecule has 4 N–H and O–H groups in total. The fraction of sp³-hybridized carbons (Fsp3) is 1.00. The molecule has 0 unspecified atom stereocenters. The molecule has 0 rings (SSSR count). The molecule has 0 radical (unpaired) electrons. The Kier molecular flexibility index (Phi) is 7.78. The van der Waals surface area contributed by atoms with Crippen LogP contribution in [0.25, 0.3) is 0 Å². The molecular formula is C2H9NO3Si. The van der Waals surface area contributed by atoms with Crippen molar-refractivity contribution in [1.82, 2.24) is 6.15 Å². The Labute approximate surface area is 43.6 Å². The summed E-state index contributed by atoms with van der Waals surface area (Å²) in [6, 6.07) is 0. The lowest BCUT2D eigenvalue weighted by molar-refractivity contribution is 0.236. The Balaban J connectivity index is 0. The van der Waals surface area contributed by atoms with Crippen LogP contribution in [0.15, 0.2) is 0 Å². The minimum atomic E-state index is -2.64. The van der Waals surface area contributed by atoms with Gasteiger partial charge in [0.15, 0.2) is 0 Å². The first-order valence-electron chi connectivity index (χ1n) is 1.63. The van der Waals surface area contributed by atoms with Crippen LogP contribution < -0.4 is 6.15 Å². The van der Waals surface area contributed by atoms with Crippen molar-refractivity contribution in [1.29, 1.82) is 0 Å². The zero-order chi connectivity index (χ0) is 4.99. The van der Waals surface area contributed by atoms with Crippen LogP contribution in [0.4, 0.5) is 0 Å². The van der Waals surface area contributed by atoms with Gasteiger partial charge in [-0.3, -0.25) is 4.46 Å². The maximum absolute atomic E-state index is 9.56. The predicted octanol–water partition coefficient (Wildman–Crippen LogP) is -0.407. The van der Waals surface area contributed by atoms with Gasteiger partial charge in [0.25, 0.3) is 0 Å². The molecule has 0 bridgehead atoms. The molecule has 0 atom stereocenters. The quantitative estimate of drug-likeness (QED) is 0.489. The molecule has 4 nitrogen and oxygen atoms in total. The topological polar surface area (TPSA) is 81.5 Å². The van der Waals surface area contributed by atoms with Crippen LogP contribution in [-0.2, 0) is 8.89 Å². The lowest BCUT2D eigenvalue weighted by Crippen LogP contribution is -2.03. The van der Waals surface area contributed by atoms with E-state index in [4.69, 9.17) is 4.80 Å². The van der Waals surface area contributed by atoms with Gasteiger partial charge in [-0.15, -0.1) is 0 Å². The summed E-state index contributed by atoms with van der Waals surface area (Å²) in [5.41, 5.74) is 0. The van der Waals surface area contributed by atoms with Gasteiger partial charge in [-0.25, -0.2) is 0 Å². The molecule has 0 aromatic rings. The highest BCUT2D eigenvalue weighted by Gasteiger charge is 1.97. The molecule has 0 fully saturated rings. The van der Waals surface area contributed by atoms with Gasteiger partial charge < -0.3 is 15.4 Å². The van der Waals surface area contributed by atoms with Gasteiger partial charge in [-0.1, -0.05) is 0 Å². The first-order valence-corrected chi connectivity index (χ1v) is 2.89. The number of rotatable bonds is 2. The monoisotopic (exact) mass is 123 g/mol. The zero-order valence-corrected chi connectivity index (χ0v) is 5.18. The third-order valence-electron chi connectivity index (χ3n) is 0.268. The molecule has 0 aliphatic carbocycles. The van der Waals surface area contributed by atoms with Crippen LogP contribution in [0.2, 0.25) is 0 Å². The Morgan fingerprint density at radius 3 is 2.29 bits per heavy atom. The van der Waals surface area contributed by atoms with Crippen LogP contribution in [0, 0.1) is 0 Å². The van der Waals surface area contributed by atoms with E-state index in [1.165, 1.54) is 0 Å². The van der Waals surface area contributed by atoms with Crippen molar-refractivity contribution in [2.24, 2.45) is 0 Å². The standard InChI is InChI=1S/C2H6O3Si.H3N/c1-2-5-6(3)4;/h3H,2H2,1H3;1H3. The van der Waals surface area contributed by atoms with Crippen molar-refractivity contribution >= 4 is 9.17 Å². The molecule has 5 heteroatoms. The number of hydrogen-bond acceptors (Lipinski definition) is 3. The van der Waals surface area contributed by atoms with Crippen molar-refractivity contribution in [3.8, 4) is 0 Å². The first kappa shape index (κ1) is 9.76. The van der Waals surface area contributed by atoms with Gasteiger partial charge in [0, 0.05) is 0 Å². The second-order valence-corrected chi connectivity index (χ2v) is 1.52. The van der Waals surface area contributed by atoms with E-state index in [9.17, 15) is 4.46 Å². The van der Waals surface area contributed by atoms with E-state index in [0.717, 1.165) is 0 Å². The second kappa shape index (κ2) is 5.58. The molecule has 0 saturated heterocycles. The van der Waals surface area contributed by atoms with Gasteiger partial charge in [-0.05, 0) is 6.92 Å². The predicted molar refractivity (Wildman–Crippen MR) is 25.3 cm³/mol. The molecule has 0 aliphatic rings. The summed E-state index contributed by atoms with van der Waals surface area (Å²) in [7, 11) is -2.64. The Morgan fingerprint density at radius 2 is 2.29 bits per heavy atom. The van der Waals surface area contributed by atoms with Crippen LogP contribution in [0.1, 0.15) is 6.92 Å². The maximum atomic E-state index is 9.56. The van der Waals surface area contributed by atoms with Crippen molar-refractivity contribution < 1.29 is 13.7 Å². The average molecular weight is 123 g/mol. The molecule has 0 spiro atoms. The highest BCUT2D eigenvalue weighted by molar-refractivity contribution is 6.24. The summed E-state index contributed by atoms with van der Waals surface area (Å²) in [5.74, 6) is 0. The lowest BCUT2D eigenvalue weighted by atomic mass is 10.9. The fourth-order valence-electron chi connectivity index (χ4n) is 0.123. The highest BCUT2D eigenvalue weighted by Crippen LogP contribution is 1.63. The third kappa shape index (κ3) is 10.7. The first-order chi connectivity index (χ1) is 2.77. The van der Waals surface area contributed by atoms with Crippen LogP contribution in [0.5, 0.6) is 0 Å². The minimum absolute atomic E-state index is 0. The van der Waals surface area contributed by atoms with Crippen molar-refractivity contribution in [3.05, 3.63) is 0 Å². The van der Waals surface area contributed by atoms with Crippen molar-refractivity contribution in [3.63, 3.8) is 0 Å². The lowest BCUT2D eigenvalue weighted by Gasteiger charge is -1.86. The van der Waals surface area contributed by atoms with Gasteiger partial charge in [0.05, 0.1) is 6.61 Å². The van der Waals surface area contributed by atoms with E-state index >= 15 is 0 Å². The minimum Gasteiger partial charge on any atom is -0.511 e. The van der Waals surface area contributed by atoms with Crippen LogP contribution in [0.3, 0.4) is 0 Å². The summed E-state index contributed by atoms with van der Waals surface area (Å²) in [4.78, 5) is 7.88. The fourth-order valence-corrected chi connectivity index (χ4v) is 0.370. The highest BCUT2D eigenvalue weighted by atomic mass is 28.3. The molecule has 44 valence electrons. The maximum Gasteiger partial charge on any atom is 0.764 e. The number of hydrogen-bond donors (Lipinski definition) is 2. The molecule has 0 aliphatic heterocycles. The van der Waals surface area contributed by atoms with E-state index in [1.807, 2.05) is 0 Å². The molecular weight excluding hydrogens is 114 g/mol. The van der Waals surface area contributed by atoms with Crippen molar-refractivity contribution in [2.45, 2.75) is 6.92 Å². The Bertz CT molecular complexity index is 56.9. The van der Waals surface area contributed by atoms with Gasteiger partial charge in [0.2, 0.25) is 0 Å². The molecule has 7 heavy (non-hydrogen) atoms. The largest absolute Gasteiger partial charge is 0.764 e. The smallest absolute Gasteiger partial charge is 0.511 e. The molecule has 0 aromatic heterocycles. The Morgan fingerprint density at radius 1 is 1.86 bits per heavy atom. The van der Waals surface area contributed by atoms with Crippen LogP contribution in [-0.4, -0.2) is 20.6 Å². The van der Waals surface area contributed by atoms with Gasteiger partial charge in [-0.2, -0.15) is 0 Å². The second-order valence-electron chi connectivity index (χ2n) is 0.699. The third-order valence-corrected chi connectivity index (χ3v) is 0.803. The van der Waals surface area contributed by atoms with Gasteiger partial charge in [0.1, 0.15) is 0 Å². The molecule has 0 heterocycles. The molecule has 0 saturated carbocycles. The van der Waals surface area contributed by atoms with Gasteiger partial charge >= 0.3 is 9.17 Å². The SMILES string of the molecule is CCO[Si](=O)O.N. The van der Waals surface area contributed by atoms with E-state index in [2.05, 4.69) is 4.43 Å². The summed E-state index contributed by atoms with van der Waals surface area (Å²) >= 11 is 0.